The molecule has 2 aromatic rings. The summed E-state index contributed by atoms with van der Waals surface area (Å²) in [4.78, 5) is 0. The van der Waals surface area contributed by atoms with E-state index in [9.17, 15) is 0 Å². The van der Waals surface area contributed by atoms with Crippen molar-refractivity contribution in [1.29, 1.82) is 0 Å². The summed E-state index contributed by atoms with van der Waals surface area (Å²) in [7, 11) is 0. The third-order valence-electron chi connectivity index (χ3n) is 6.53. The third-order valence-corrected chi connectivity index (χ3v) is 6.53. The highest BCUT2D eigenvalue weighted by molar-refractivity contribution is 5.82. The van der Waals surface area contributed by atoms with E-state index in [0.29, 0.717) is 0 Å². The van der Waals surface area contributed by atoms with Gasteiger partial charge in [-0.1, -0.05) is 99.5 Å². The first-order valence-electron chi connectivity index (χ1n) is 12.0. The van der Waals surface area contributed by atoms with Gasteiger partial charge in [-0.15, -0.1) is 0 Å². The summed E-state index contributed by atoms with van der Waals surface area (Å²) in [6.45, 7) is 4.38. The van der Waals surface area contributed by atoms with Gasteiger partial charge in [-0.2, -0.15) is 10.2 Å². The van der Waals surface area contributed by atoms with E-state index < -0.39 is 0 Å². The second-order valence-electron chi connectivity index (χ2n) is 8.99. The molecule has 1 fully saturated rings. The Hall–Kier alpha value is -2.22. The zero-order valence-corrected chi connectivity index (χ0v) is 18.9. The van der Waals surface area contributed by atoms with Crippen molar-refractivity contribution in [3.63, 3.8) is 0 Å². The molecular formula is C28H38N2. The van der Waals surface area contributed by atoms with Crippen LogP contribution in [0.1, 0.15) is 99.3 Å². The second-order valence-corrected chi connectivity index (χ2v) is 8.99. The van der Waals surface area contributed by atoms with Crippen LogP contribution in [0.25, 0.3) is 0 Å². The molecule has 30 heavy (non-hydrogen) atoms. The molecule has 0 saturated heterocycles. The van der Waals surface area contributed by atoms with Crippen molar-refractivity contribution in [3.8, 4) is 0 Å². The maximum atomic E-state index is 4.20. The van der Waals surface area contributed by atoms with Gasteiger partial charge in [0, 0.05) is 0 Å². The molecule has 0 spiro atoms. The molecule has 0 radical (unpaired) electrons. The van der Waals surface area contributed by atoms with Gasteiger partial charge in [0.05, 0.1) is 12.4 Å². The lowest BCUT2D eigenvalue weighted by Crippen LogP contribution is -2.13. The summed E-state index contributed by atoms with van der Waals surface area (Å²) in [5.41, 5.74) is 4.94. The van der Waals surface area contributed by atoms with Crippen molar-refractivity contribution >= 4 is 12.4 Å². The molecule has 3 rings (SSSR count). The van der Waals surface area contributed by atoms with E-state index in [1.54, 1.807) is 6.21 Å². The summed E-state index contributed by atoms with van der Waals surface area (Å²) >= 11 is 0. The molecule has 0 unspecified atom stereocenters. The van der Waals surface area contributed by atoms with E-state index in [2.05, 4.69) is 72.6 Å². The smallest absolute Gasteiger partial charge is 0.0568 e. The van der Waals surface area contributed by atoms with Crippen LogP contribution in [0.4, 0.5) is 0 Å². The molecule has 1 saturated carbocycles. The number of hydrogen-bond acceptors (Lipinski definition) is 2. The van der Waals surface area contributed by atoms with Gasteiger partial charge in [0.25, 0.3) is 0 Å². The molecule has 0 bridgehead atoms. The predicted molar refractivity (Wildman–Crippen MR) is 131 cm³/mol. The fraction of sp³-hybridized carbons (Fsp3) is 0.500. The maximum Gasteiger partial charge on any atom is 0.0568 e. The van der Waals surface area contributed by atoms with Crippen LogP contribution in [0.5, 0.6) is 0 Å². The van der Waals surface area contributed by atoms with Crippen LogP contribution in [0.2, 0.25) is 0 Å². The number of unbranched alkanes of at least 4 members (excludes halogenated alkanes) is 4. The van der Waals surface area contributed by atoms with Gasteiger partial charge in [-0.05, 0) is 61.1 Å². The molecule has 0 atom stereocenters. The Kier molecular flexibility index (Phi) is 9.34. The molecule has 2 nitrogen and oxygen atoms in total. The van der Waals surface area contributed by atoms with Gasteiger partial charge >= 0.3 is 0 Å². The highest BCUT2D eigenvalue weighted by atomic mass is 15.2. The largest absolute Gasteiger partial charge is 0.159 e. The van der Waals surface area contributed by atoms with Gasteiger partial charge in [0.2, 0.25) is 0 Å². The van der Waals surface area contributed by atoms with E-state index in [0.717, 1.165) is 23.0 Å². The number of hydrogen-bond donors (Lipinski definition) is 0. The summed E-state index contributed by atoms with van der Waals surface area (Å²) in [6.07, 6.45) is 17.7. The standard InChI is InChI=1S/C28H38N2/c1-3-4-5-6-7-8-24-13-17-27(18-14-24)28-19-15-26(16-20-28)22-30-29-21-25-11-9-23(2)10-12-25/h9-12,15-16,19-22,24,27H,3-8,13-14,17-18H2,1-2H3/b29-21+,30-22+. The summed E-state index contributed by atoms with van der Waals surface area (Å²) in [6, 6.07) is 17.2. The lowest BCUT2D eigenvalue weighted by Gasteiger charge is -2.29. The van der Waals surface area contributed by atoms with Crippen LogP contribution in [0.3, 0.4) is 0 Å². The first kappa shape index (κ1) is 22.5. The van der Waals surface area contributed by atoms with Gasteiger partial charge in [-0.3, -0.25) is 0 Å². The van der Waals surface area contributed by atoms with Crippen molar-refractivity contribution in [2.45, 2.75) is 84.0 Å². The molecule has 0 aliphatic heterocycles. The van der Waals surface area contributed by atoms with Crippen LogP contribution in [0.15, 0.2) is 58.7 Å². The predicted octanol–water partition coefficient (Wildman–Crippen LogP) is 8.08. The first-order valence-corrected chi connectivity index (χ1v) is 12.0. The van der Waals surface area contributed by atoms with Crippen LogP contribution in [-0.4, -0.2) is 12.4 Å². The topological polar surface area (TPSA) is 24.7 Å². The van der Waals surface area contributed by atoms with Crippen LogP contribution in [0, 0.1) is 12.8 Å². The average Bonchev–Trinajstić information content (AvgIpc) is 2.79. The Bertz CT molecular complexity index is 778. The molecule has 0 aromatic heterocycles. The number of nitrogens with zero attached hydrogens (tertiary/aromatic N) is 2. The number of aryl methyl sites for hydroxylation is 1. The maximum absolute atomic E-state index is 4.20. The quantitative estimate of drug-likeness (QED) is 0.218. The molecular weight excluding hydrogens is 364 g/mol. The van der Waals surface area contributed by atoms with Gasteiger partial charge in [-0.25, -0.2) is 0 Å². The Morgan fingerprint density at radius 3 is 1.90 bits per heavy atom. The van der Waals surface area contributed by atoms with E-state index in [4.69, 9.17) is 0 Å². The summed E-state index contributed by atoms with van der Waals surface area (Å²) in [5.74, 6) is 1.72. The van der Waals surface area contributed by atoms with Crippen molar-refractivity contribution in [2.24, 2.45) is 16.1 Å². The molecule has 0 amide bonds. The molecule has 1 aliphatic rings. The number of rotatable bonds is 10. The van der Waals surface area contributed by atoms with Crippen molar-refractivity contribution in [2.75, 3.05) is 0 Å². The van der Waals surface area contributed by atoms with Crippen molar-refractivity contribution < 1.29 is 0 Å². The van der Waals surface area contributed by atoms with E-state index in [1.165, 1.54) is 75.3 Å². The zero-order chi connectivity index (χ0) is 21.0. The highest BCUT2D eigenvalue weighted by Crippen LogP contribution is 2.37. The summed E-state index contributed by atoms with van der Waals surface area (Å²) < 4.78 is 0. The Labute approximate surface area is 183 Å². The molecule has 160 valence electrons. The second kappa shape index (κ2) is 12.5. The minimum atomic E-state index is 0.742. The van der Waals surface area contributed by atoms with Crippen LogP contribution in [-0.2, 0) is 0 Å². The normalized spacial score (nSPS) is 19.7. The first-order chi connectivity index (χ1) is 14.7. The Morgan fingerprint density at radius 1 is 0.733 bits per heavy atom. The van der Waals surface area contributed by atoms with E-state index in [1.807, 2.05) is 6.21 Å². The number of benzene rings is 2. The van der Waals surface area contributed by atoms with Crippen LogP contribution >= 0.6 is 0 Å². The zero-order valence-electron chi connectivity index (χ0n) is 18.9. The molecule has 2 heteroatoms. The molecule has 0 heterocycles. The third kappa shape index (κ3) is 7.55. The fourth-order valence-electron chi connectivity index (χ4n) is 4.53. The van der Waals surface area contributed by atoms with Crippen LogP contribution < -0.4 is 0 Å². The fourth-order valence-corrected chi connectivity index (χ4v) is 4.53. The van der Waals surface area contributed by atoms with Crippen molar-refractivity contribution in [3.05, 3.63) is 70.8 Å². The van der Waals surface area contributed by atoms with Gasteiger partial charge < -0.3 is 0 Å². The molecule has 0 N–H and O–H groups in total. The average molecular weight is 403 g/mol. The monoisotopic (exact) mass is 402 g/mol. The molecule has 1 aliphatic carbocycles. The van der Waals surface area contributed by atoms with Crippen molar-refractivity contribution in [1.82, 2.24) is 0 Å². The Morgan fingerprint density at radius 2 is 1.30 bits per heavy atom. The minimum Gasteiger partial charge on any atom is -0.159 e. The van der Waals surface area contributed by atoms with Gasteiger partial charge in [0.1, 0.15) is 0 Å². The highest BCUT2D eigenvalue weighted by Gasteiger charge is 2.21. The Balaban J connectivity index is 1.40. The molecule has 2 aromatic carbocycles. The summed E-state index contributed by atoms with van der Waals surface area (Å²) in [5, 5.41) is 8.38. The lowest BCUT2D eigenvalue weighted by atomic mass is 9.77. The van der Waals surface area contributed by atoms with Gasteiger partial charge in [0.15, 0.2) is 0 Å². The SMILES string of the molecule is CCCCCCCC1CCC(c2ccc(/C=N/N=C/c3ccc(C)cc3)cc2)CC1. The lowest BCUT2D eigenvalue weighted by molar-refractivity contribution is 0.302. The van der Waals surface area contributed by atoms with E-state index in [-0.39, 0.29) is 0 Å². The van der Waals surface area contributed by atoms with E-state index >= 15 is 0 Å². The minimum absolute atomic E-state index is 0.742.